The van der Waals surface area contributed by atoms with Crippen LogP contribution in [0.4, 0.5) is 17.6 Å². The highest BCUT2D eigenvalue weighted by Gasteiger charge is 2.34. The van der Waals surface area contributed by atoms with E-state index in [0.29, 0.717) is 18.7 Å². The van der Waals surface area contributed by atoms with Gasteiger partial charge in [-0.1, -0.05) is 12.2 Å². The van der Waals surface area contributed by atoms with Crippen molar-refractivity contribution in [3.05, 3.63) is 47.3 Å². The quantitative estimate of drug-likeness (QED) is 0.653. The van der Waals surface area contributed by atoms with Crippen LogP contribution in [0.2, 0.25) is 0 Å². The first-order valence-electron chi connectivity index (χ1n) is 5.36. The molecule has 3 N–H and O–H groups in total. The Bertz CT molecular complexity index is 483. The zero-order chi connectivity index (χ0) is 14.5. The molecule has 0 aliphatic rings. The van der Waals surface area contributed by atoms with Crippen LogP contribution in [0.1, 0.15) is 15.9 Å². The van der Waals surface area contributed by atoms with Crippen molar-refractivity contribution in [3.8, 4) is 0 Å². The number of benzene rings is 1. The topological polar surface area (TPSA) is 55.1 Å². The fourth-order valence-electron chi connectivity index (χ4n) is 1.32. The molecule has 0 unspecified atom stereocenters. The van der Waals surface area contributed by atoms with Crippen molar-refractivity contribution in [3.63, 3.8) is 0 Å². The lowest BCUT2D eigenvalue weighted by molar-refractivity contribution is -0.140. The molecule has 0 atom stereocenters. The number of halogens is 4. The number of hydrogen-bond donors (Lipinski definition) is 2. The van der Waals surface area contributed by atoms with Crippen LogP contribution in [0.3, 0.4) is 0 Å². The summed E-state index contributed by atoms with van der Waals surface area (Å²) in [5.41, 5.74) is 3.46. The zero-order valence-electron chi connectivity index (χ0n) is 9.80. The van der Waals surface area contributed by atoms with E-state index in [1.54, 1.807) is 12.2 Å². The van der Waals surface area contributed by atoms with Crippen molar-refractivity contribution in [1.29, 1.82) is 0 Å². The van der Waals surface area contributed by atoms with Crippen LogP contribution in [0, 0.1) is 5.82 Å². The number of hydrogen-bond acceptors (Lipinski definition) is 2. The van der Waals surface area contributed by atoms with E-state index in [9.17, 15) is 22.4 Å². The van der Waals surface area contributed by atoms with E-state index in [1.807, 2.05) is 0 Å². The summed E-state index contributed by atoms with van der Waals surface area (Å²) in [7, 11) is 0. The fraction of sp³-hybridized carbons (Fsp3) is 0.250. The third-order valence-electron chi connectivity index (χ3n) is 2.22. The van der Waals surface area contributed by atoms with Gasteiger partial charge in [0.25, 0.3) is 5.91 Å². The molecule has 0 saturated heterocycles. The van der Waals surface area contributed by atoms with E-state index >= 15 is 0 Å². The lowest BCUT2D eigenvalue weighted by atomic mass is 10.1. The number of nitrogens with one attached hydrogen (secondary N) is 1. The lowest BCUT2D eigenvalue weighted by Gasteiger charge is -2.09. The van der Waals surface area contributed by atoms with Crippen LogP contribution in [0.15, 0.2) is 30.4 Å². The minimum Gasteiger partial charge on any atom is -0.349 e. The van der Waals surface area contributed by atoms with Crippen molar-refractivity contribution in [1.82, 2.24) is 5.32 Å². The Hall–Kier alpha value is -1.89. The third-order valence-corrected chi connectivity index (χ3v) is 2.22. The molecule has 1 amide bonds. The molecule has 7 heteroatoms. The predicted octanol–water partition coefficient (Wildman–Crippen LogP) is 2.09. The Balaban J connectivity index is 2.84. The van der Waals surface area contributed by atoms with Crippen LogP contribution < -0.4 is 11.1 Å². The first kappa shape index (κ1) is 15.2. The van der Waals surface area contributed by atoms with Crippen molar-refractivity contribution in [2.75, 3.05) is 13.1 Å². The van der Waals surface area contributed by atoms with Gasteiger partial charge in [0.05, 0.1) is 5.56 Å². The predicted molar refractivity (Wildman–Crippen MR) is 61.9 cm³/mol. The Morgan fingerprint density at radius 3 is 2.58 bits per heavy atom. The van der Waals surface area contributed by atoms with Gasteiger partial charge in [-0.05, 0) is 18.2 Å². The van der Waals surface area contributed by atoms with Gasteiger partial charge in [0.2, 0.25) is 0 Å². The molecule has 0 aliphatic heterocycles. The third kappa shape index (κ3) is 4.36. The van der Waals surface area contributed by atoms with E-state index in [-0.39, 0.29) is 12.1 Å². The van der Waals surface area contributed by atoms with Gasteiger partial charge in [0.1, 0.15) is 5.82 Å². The van der Waals surface area contributed by atoms with Crippen LogP contribution in [0.25, 0.3) is 0 Å². The number of carbonyl (C=O) groups excluding carboxylic acids is 1. The smallest absolute Gasteiger partial charge is 0.349 e. The van der Waals surface area contributed by atoms with Gasteiger partial charge in [-0.25, -0.2) is 4.39 Å². The molecule has 0 fully saturated rings. The van der Waals surface area contributed by atoms with Crippen molar-refractivity contribution in [2.24, 2.45) is 5.73 Å². The van der Waals surface area contributed by atoms with E-state index in [4.69, 9.17) is 5.73 Å². The maximum atomic E-state index is 13.0. The van der Waals surface area contributed by atoms with E-state index in [1.165, 1.54) is 0 Å². The summed E-state index contributed by atoms with van der Waals surface area (Å²) < 4.78 is 50.3. The summed E-state index contributed by atoms with van der Waals surface area (Å²) in [6.45, 7) is 0.430. The highest BCUT2D eigenvalue weighted by atomic mass is 19.4. The van der Waals surface area contributed by atoms with Crippen molar-refractivity contribution < 1.29 is 22.4 Å². The maximum Gasteiger partial charge on any atom is 0.419 e. The number of amides is 1. The van der Waals surface area contributed by atoms with Crippen molar-refractivity contribution in [2.45, 2.75) is 6.18 Å². The second-order valence-corrected chi connectivity index (χ2v) is 3.61. The Morgan fingerprint density at radius 1 is 1.32 bits per heavy atom. The molecular formula is C12H12F4N2O. The maximum absolute atomic E-state index is 13.0. The molecular weight excluding hydrogens is 264 g/mol. The van der Waals surface area contributed by atoms with E-state index < -0.39 is 23.5 Å². The summed E-state index contributed by atoms with van der Waals surface area (Å²) in [4.78, 5) is 11.5. The second kappa shape index (κ2) is 6.33. The Morgan fingerprint density at radius 2 is 2.00 bits per heavy atom. The Kier molecular flexibility index (Phi) is 5.05. The van der Waals surface area contributed by atoms with Gasteiger partial charge < -0.3 is 11.1 Å². The molecule has 1 rings (SSSR count). The summed E-state index contributed by atoms with van der Waals surface area (Å²) in [6.07, 6.45) is -1.68. The van der Waals surface area contributed by atoms with Crippen LogP contribution >= 0.6 is 0 Å². The largest absolute Gasteiger partial charge is 0.419 e. The lowest BCUT2D eigenvalue weighted by Crippen LogP contribution is -2.24. The molecule has 0 heterocycles. The molecule has 1 aromatic carbocycles. The second-order valence-electron chi connectivity index (χ2n) is 3.61. The molecule has 0 saturated carbocycles. The molecule has 0 bridgehead atoms. The van der Waals surface area contributed by atoms with Gasteiger partial charge in [0.15, 0.2) is 0 Å². The summed E-state index contributed by atoms with van der Waals surface area (Å²) in [5.74, 6) is -2.13. The van der Waals surface area contributed by atoms with Gasteiger partial charge in [0, 0.05) is 18.7 Å². The molecule has 0 aliphatic carbocycles. The molecule has 0 spiro atoms. The Labute approximate surface area is 107 Å². The standard InChI is InChI=1S/C12H12F4N2O/c13-10-4-3-8(7-9(10)12(14,15)16)11(19)18-6-2-1-5-17/h1-4,7H,5-6,17H2,(H,18,19)/b2-1+. The van der Waals surface area contributed by atoms with E-state index in [2.05, 4.69) is 5.32 Å². The minimum atomic E-state index is -4.83. The molecule has 104 valence electrons. The number of nitrogens with two attached hydrogens (primary N) is 1. The molecule has 3 nitrogen and oxygen atoms in total. The summed E-state index contributed by atoms with van der Waals surface area (Å²) in [6, 6.07) is 2.09. The highest BCUT2D eigenvalue weighted by molar-refractivity contribution is 5.94. The van der Waals surface area contributed by atoms with Gasteiger partial charge in [-0.2, -0.15) is 13.2 Å². The van der Waals surface area contributed by atoms with Crippen LogP contribution in [-0.2, 0) is 6.18 Å². The number of carbonyl (C=O) groups is 1. The van der Waals surface area contributed by atoms with Crippen LogP contribution in [0.5, 0.6) is 0 Å². The molecule has 0 aromatic heterocycles. The SMILES string of the molecule is NC/C=C/CNC(=O)c1ccc(F)c(C(F)(F)F)c1. The summed E-state index contributed by atoms with van der Waals surface area (Å²) >= 11 is 0. The first-order valence-corrected chi connectivity index (χ1v) is 5.36. The van der Waals surface area contributed by atoms with Gasteiger partial charge >= 0.3 is 6.18 Å². The molecule has 1 aromatic rings. The number of rotatable bonds is 4. The minimum absolute atomic E-state index is 0.134. The molecule has 0 radical (unpaired) electrons. The summed E-state index contributed by atoms with van der Waals surface area (Å²) in [5, 5.41) is 2.36. The van der Waals surface area contributed by atoms with E-state index in [0.717, 1.165) is 6.07 Å². The van der Waals surface area contributed by atoms with Gasteiger partial charge in [-0.15, -0.1) is 0 Å². The number of alkyl halides is 3. The van der Waals surface area contributed by atoms with Gasteiger partial charge in [-0.3, -0.25) is 4.79 Å². The monoisotopic (exact) mass is 276 g/mol. The zero-order valence-corrected chi connectivity index (χ0v) is 9.80. The molecule has 19 heavy (non-hydrogen) atoms. The fourth-order valence-corrected chi connectivity index (χ4v) is 1.32. The first-order chi connectivity index (χ1) is 8.86. The average Bonchev–Trinajstić information content (AvgIpc) is 2.33. The van der Waals surface area contributed by atoms with Crippen LogP contribution in [-0.4, -0.2) is 19.0 Å². The average molecular weight is 276 g/mol. The normalized spacial score (nSPS) is 11.8. The van der Waals surface area contributed by atoms with Crippen molar-refractivity contribution >= 4 is 5.91 Å². The highest BCUT2D eigenvalue weighted by Crippen LogP contribution is 2.31.